The smallest absolute Gasteiger partial charge is 0.262 e. The second-order valence-electron chi connectivity index (χ2n) is 4.78. The van der Waals surface area contributed by atoms with E-state index >= 15 is 0 Å². The fourth-order valence-corrected chi connectivity index (χ4v) is 4.34. The van der Waals surface area contributed by atoms with Crippen molar-refractivity contribution in [3.05, 3.63) is 18.3 Å². The van der Waals surface area contributed by atoms with Crippen LogP contribution in [0.4, 0.5) is 5.69 Å². The van der Waals surface area contributed by atoms with Crippen LogP contribution in [0.5, 0.6) is 0 Å². The fourth-order valence-electron chi connectivity index (χ4n) is 2.55. The molecule has 1 saturated heterocycles. The molecule has 0 amide bonds. The van der Waals surface area contributed by atoms with Gasteiger partial charge >= 0.3 is 0 Å². The van der Waals surface area contributed by atoms with Gasteiger partial charge in [-0.25, -0.2) is 13.4 Å². The van der Waals surface area contributed by atoms with Crippen LogP contribution in [0.25, 0.3) is 0 Å². The number of nitrogen functional groups attached to an aromatic ring is 1. The van der Waals surface area contributed by atoms with Crippen LogP contribution in [-0.4, -0.2) is 42.0 Å². The minimum Gasteiger partial charge on any atom is -0.396 e. The lowest BCUT2D eigenvalue weighted by molar-refractivity contribution is 0.192. The maximum absolute atomic E-state index is 12.7. The lowest BCUT2D eigenvalue weighted by Gasteiger charge is -2.34. The molecule has 1 aliphatic heterocycles. The molecule has 1 unspecified atom stereocenters. The Morgan fingerprint density at radius 1 is 1.50 bits per heavy atom. The lowest BCUT2D eigenvalue weighted by Crippen LogP contribution is -2.44. The standard InChI is InChI=1S/C12H20N4O3S/c13-15-11-5-3-7-14-12(11)20(18,19)16-8-2-1-4-10(16)6-9-17/h3,5,7,10,15,17H,1-2,4,6,8-9,13H2. The van der Waals surface area contributed by atoms with Crippen molar-refractivity contribution in [3.8, 4) is 0 Å². The molecule has 8 heteroatoms. The summed E-state index contributed by atoms with van der Waals surface area (Å²) in [6, 6.07) is 3.02. The van der Waals surface area contributed by atoms with Crippen LogP contribution < -0.4 is 11.3 Å². The van der Waals surface area contributed by atoms with E-state index in [9.17, 15) is 8.42 Å². The average Bonchev–Trinajstić information content (AvgIpc) is 2.48. The Hall–Kier alpha value is -1.22. The molecule has 2 rings (SSSR count). The molecular formula is C12H20N4O3S. The summed E-state index contributed by atoms with van der Waals surface area (Å²) in [6.07, 6.45) is 4.43. The third-order valence-corrected chi connectivity index (χ3v) is 5.43. The first-order valence-corrected chi connectivity index (χ1v) is 8.09. The number of nitrogens with one attached hydrogen (secondary N) is 1. The molecule has 0 aromatic carbocycles. The molecule has 4 N–H and O–H groups in total. The molecule has 2 heterocycles. The quantitative estimate of drug-likeness (QED) is 0.533. The van der Waals surface area contributed by atoms with E-state index in [1.165, 1.54) is 10.5 Å². The number of sulfonamides is 1. The second kappa shape index (κ2) is 6.49. The summed E-state index contributed by atoms with van der Waals surface area (Å²) in [5.74, 6) is 5.36. The summed E-state index contributed by atoms with van der Waals surface area (Å²) >= 11 is 0. The van der Waals surface area contributed by atoms with Gasteiger partial charge in [0.2, 0.25) is 0 Å². The van der Waals surface area contributed by atoms with Crippen LogP contribution in [0.2, 0.25) is 0 Å². The number of nitrogens with zero attached hydrogens (tertiary/aromatic N) is 2. The Morgan fingerprint density at radius 2 is 2.30 bits per heavy atom. The third kappa shape index (κ3) is 2.93. The number of nitrogens with two attached hydrogens (primary N) is 1. The van der Waals surface area contributed by atoms with E-state index in [0.29, 0.717) is 13.0 Å². The van der Waals surface area contributed by atoms with Crippen molar-refractivity contribution in [2.75, 3.05) is 18.6 Å². The molecule has 1 aromatic heterocycles. The SMILES string of the molecule is NNc1cccnc1S(=O)(=O)N1CCCCC1CCO. The van der Waals surface area contributed by atoms with Gasteiger partial charge < -0.3 is 10.5 Å². The number of aromatic nitrogens is 1. The predicted molar refractivity (Wildman–Crippen MR) is 75.3 cm³/mol. The van der Waals surface area contributed by atoms with Crippen molar-refractivity contribution >= 4 is 15.7 Å². The highest BCUT2D eigenvalue weighted by Crippen LogP contribution is 2.28. The lowest BCUT2D eigenvalue weighted by atomic mass is 10.0. The predicted octanol–water partition coefficient (Wildman–Crippen LogP) is 0.293. The zero-order chi connectivity index (χ0) is 14.6. The Bertz CT molecular complexity index is 547. The summed E-state index contributed by atoms with van der Waals surface area (Å²) in [7, 11) is -3.71. The molecule has 1 atom stereocenters. The number of hydrazine groups is 1. The average molecular weight is 300 g/mol. The summed E-state index contributed by atoms with van der Waals surface area (Å²) < 4.78 is 26.9. The van der Waals surface area contributed by atoms with Crippen LogP contribution >= 0.6 is 0 Å². The van der Waals surface area contributed by atoms with Gasteiger partial charge in [-0.15, -0.1) is 0 Å². The van der Waals surface area contributed by atoms with Gasteiger partial charge in [0, 0.05) is 25.4 Å². The Morgan fingerprint density at radius 3 is 3.00 bits per heavy atom. The molecule has 7 nitrogen and oxygen atoms in total. The van der Waals surface area contributed by atoms with Gasteiger partial charge in [0.25, 0.3) is 10.0 Å². The first-order chi connectivity index (χ1) is 9.61. The normalized spacial score (nSPS) is 20.8. The highest BCUT2D eigenvalue weighted by molar-refractivity contribution is 7.89. The fraction of sp³-hybridized carbons (Fsp3) is 0.583. The highest BCUT2D eigenvalue weighted by Gasteiger charge is 2.35. The molecule has 1 fully saturated rings. The van der Waals surface area contributed by atoms with Gasteiger partial charge in [0.15, 0.2) is 5.03 Å². The van der Waals surface area contributed by atoms with Gasteiger partial charge in [-0.2, -0.15) is 4.31 Å². The minimum absolute atomic E-state index is 0.0269. The van der Waals surface area contributed by atoms with E-state index in [-0.39, 0.29) is 23.4 Å². The van der Waals surface area contributed by atoms with Crippen LogP contribution in [0, 0.1) is 0 Å². The molecule has 20 heavy (non-hydrogen) atoms. The van der Waals surface area contributed by atoms with Crippen LogP contribution in [0.15, 0.2) is 23.4 Å². The molecule has 0 radical (unpaired) electrons. The van der Waals surface area contributed by atoms with Crippen molar-refractivity contribution in [3.63, 3.8) is 0 Å². The molecule has 0 saturated carbocycles. The van der Waals surface area contributed by atoms with Crippen molar-refractivity contribution in [1.29, 1.82) is 0 Å². The summed E-state index contributed by atoms with van der Waals surface area (Å²) in [4.78, 5) is 3.96. The topological polar surface area (TPSA) is 109 Å². The zero-order valence-corrected chi connectivity index (χ0v) is 12.0. The monoisotopic (exact) mass is 300 g/mol. The van der Waals surface area contributed by atoms with E-state index in [2.05, 4.69) is 10.4 Å². The Balaban J connectivity index is 2.37. The van der Waals surface area contributed by atoms with E-state index in [0.717, 1.165) is 19.3 Å². The molecule has 0 bridgehead atoms. The number of hydrogen-bond donors (Lipinski definition) is 3. The zero-order valence-electron chi connectivity index (χ0n) is 11.2. The molecule has 1 aliphatic rings. The second-order valence-corrected chi connectivity index (χ2v) is 6.58. The van der Waals surface area contributed by atoms with Gasteiger partial charge in [-0.3, -0.25) is 5.84 Å². The summed E-state index contributed by atoms with van der Waals surface area (Å²) in [5, 5.41) is 9.04. The first kappa shape index (κ1) is 15.2. The third-order valence-electron chi connectivity index (χ3n) is 3.52. The minimum atomic E-state index is -3.71. The number of aliphatic hydroxyl groups is 1. The highest BCUT2D eigenvalue weighted by atomic mass is 32.2. The van der Waals surface area contributed by atoms with Gasteiger partial charge in [0.05, 0.1) is 5.69 Å². The van der Waals surface area contributed by atoms with E-state index < -0.39 is 10.0 Å². The number of hydrogen-bond acceptors (Lipinski definition) is 6. The van der Waals surface area contributed by atoms with Gasteiger partial charge in [-0.05, 0) is 31.4 Å². The first-order valence-electron chi connectivity index (χ1n) is 6.65. The van der Waals surface area contributed by atoms with Crippen molar-refractivity contribution in [1.82, 2.24) is 9.29 Å². The van der Waals surface area contributed by atoms with Crippen LogP contribution in [0.1, 0.15) is 25.7 Å². The largest absolute Gasteiger partial charge is 0.396 e. The molecule has 1 aromatic rings. The number of piperidine rings is 1. The molecule has 0 spiro atoms. The number of anilines is 1. The molecule has 0 aliphatic carbocycles. The van der Waals surface area contributed by atoms with E-state index in [1.807, 2.05) is 0 Å². The van der Waals surface area contributed by atoms with Crippen molar-refractivity contribution in [2.45, 2.75) is 36.8 Å². The van der Waals surface area contributed by atoms with Gasteiger partial charge in [0.1, 0.15) is 0 Å². The summed E-state index contributed by atoms with van der Waals surface area (Å²) in [5.41, 5.74) is 2.65. The number of pyridine rings is 1. The van der Waals surface area contributed by atoms with Crippen LogP contribution in [-0.2, 0) is 10.0 Å². The maximum atomic E-state index is 12.7. The number of aliphatic hydroxyl groups excluding tert-OH is 1. The Kier molecular flexibility index (Phi) is 4.92. The van der Waals surface area contributed by atoms with Crippen molar-refractivity contribution in [2.24, 2.45) is 5.84 Å². The molecule has 112 valence electrons. The summed E-state index contributed by atoms with van der Waals surface area (Å²) in [6.45, 7) is 0.425. The van der Waals surface area contributed by atoms with E-state index in [4.69, 9.17) is 10.9 Å². The van der Waals surface area contributed by atoms with Gasteiger partial charge in [-0.1, -0.05) is 6.42 Å². The van der Waals surface area contributed by atoms with Crippen LogP contribution in [0.3, 0.4) is 0 Å². The maximum Gasteiger partial charge on any atom is 0.262 e. The molecular weight excluding hydrogens is 280 g/mol. The van der Waals surface area contributed by atoms with E-state index in [1.54, 1.807) is 12.1 Å². The Labute approximate surface area is 118 Å². The number of rotatable bonds is 5. The van der Waals surface area contributed by atoms with Crippen molar-refractivity contribution < 1.29 is 13.5 Å².